The number of hydrogen-bond acceptors (Lipinski definition) is 4. The van der Waals surface area contributed by atoms with Crippen LogP contribution in [0.5, 0.6) is 11.5 Å². The summed E-state index contributed by atoms with van der Waals surface area (Å²) in [6.07, 6.45) is 0. The van der Waals surface area contributed by atoms with Gasteiger partial charge < -0.3 is 19.2 Å². The van der Waals surface area contributed by atoms with Crippen LogP contribution in [-0.4, -0.2) is 13.7 Å². The number of rotatable bonds is 7. The first-order valence-corrected chi connectivity index (χ1v) is 7.27. The zero-order chi connectivity index (χ0) is 15.2. The van der Waals surface area contributed by atoms with E-state index in [-0.39, 0.29) is 0 Å². The molecule has 0 fully saturated rings. The van der Waals surface area contributed by atoms with Gasteiger partial charge in [-0.05, 0) is 43.7 Å². The standard InChI is InChI=1S/C16H20ClNO3/c1-4-20-16-14(17)7-12(8-15(16)19-3)9-18-10-13-6-5-11(2)21-13/h5-8,18H,4,9-10H2,1-3H3. The van der Waals surface area contributed by atoms with E-state index in [2.05, 4.69) is 5.32 Å². The van der Waals surface area contributed by atoms with Crippen LogP contribution in [0.4, 0.5) is 0 Å². The van der Waals surface area contributed by atoms with E-state index >= 15 is 0 Å². The van der Waals surface area contributed by atoms with Crippen molar-refractivity contribution in [3.8, 4) is 11.5 Å². The van der Waals surface area contributed by atoms with Crippen LogP contribution < -0.4 is 14.8 Å². The van der Waals surface area contributed by atoms with Crippen molar-refractivity contribution in [1.82, 2.24) is 5.32 Å². The Balaban J connectivity index is 2.01. The minimum Gasteiger partial charge on any atom is -0.493 e. The number of halogens is 1. The van der Waals surface area contributed by atoms with Crippen LogP contribution in [-0.2, 0) is 13.1 Å². The predicted octanol–water partition coefficient (Wildman–Crippen LogP) is 3.94. The minimum atomic E-state index is 0.547. The third-order valence-electron chi connectivity index (χ3n) is 3.00. The fourth-order valence-corrected chi connectivity index (χ4v) is 2.36. The molecule has 0 saturated carbocycles. The van der Waals surface area contributed by atoms with Gasteiger partial charge in [-0.3, -0.25) is 0 Å². The van der Waals surface area contributed by atoms with Crippen LogP contribution in [0.3, 0.4) is 0 Å². The van der Waals surface area contributed by atoms with Gasteiger partial charge in [-0.15, -0.1) is 0 Å². The Bertz CT molecular complexity index is 595. The first-order valence-electron chi connectivity index (χ1n) is 6.89. The van der Waals surface area contributed by atoms with E-state index in [1.165, 1.54) is 0 Å². The van der Waals surface area contributed by atoms with Gasteiger partial charge in [-0.1, -0.05) is 11.6 Å². The molecule has 1 aromatic carbocycles. The largest absolute Gasteiger partial charge is 0.493 e. The summed E-state index contributed by atoms with van der Waals surface area (Å²) < 4.78 is 16.3. The molecule has 114 valence electrons. The van der Waals surface area contributed by atoms with E-state index in [0.29, 0.717) is 36.2 Å². The van der Waals surface area contributed by atoms with Crippen LogP contribution in [0.2, 0.25) is 5.02 Å². The molecule has 0 saturated heterocycles. The molecule has 4 nitrogen and oxygen atoms in total. The van der Waals surface area contributed by atoms with Crippen LogP contribution in [0, 0.1) is 6.92 Å². The topological polar surface area (TPSA) is 43.6 Å². The van der Waals surface area contributed by atoms with E-state index in [9.17, 15) is 0 Å². The SMILES string of the molecule is CCOc1c(Cl)cc(CNCc2ccc(C)o2)cc1OC. The Hall–Kier alpha value is -1.65. The maximum atomic E-state index is 6.24. The highest BCUT2D eigenvalue weighted by molar-refractivity contribution is 6.32. The molecule has 1 aromatic heterocycles. The molecule has 5 heteroatoms. The first kappa shape index (κ1) is 15.7. The molecule has 21 heavy (non-hydrogen) atoms. The number of methoxy groups -OCH3 is 1. The Morgan fingerprint density at radius 2 is 2.05 bits per heavy atom. The van der Waals surface area contributed by atoms with Gasteiger partial charge in [0, 0.05) is 6.54 Å². The van der Waals surface area contributed by atoms with Crippen LogP contribution in [0.1, 0.15) is 24.0 Å². The third kappa shape index (κ3) is 4.16. The smallest absolute Gasteiger partial charge is 0.179 e. The average molecular weight is 310 g/mol. The van der Waals surface area contributed by atoms with E-state index in [0.717, 1.165) is 17.1 Å². The van der Waals surface area contributed by atoms with Crippen molar-refractivity contribution in [2.45, 2.75) is 26.9 Å². The molecule has 0 aliphatic carbocycles. The Morgan fingerprint density at radius 1 is 1.24 bits per heavy atom. The van der Waals surface area contributed by atoms with Crippen molar-refractivity contribution in [3.63, 3.8) is 0 Å². The molecule has 0 bridgehead atoms. The summed E-state index contributed by atoms with van der Waals surface area (Å²) >= 11 is 6.24. The monoisotopic (exact) mass is 309 g/mol. The minimum absolute atomic E-state index is 0.547. The number of nitrogens with one attached hydrogen (secondary N) is 1. The van der Waals surface area contributed by atoms with Gasteiger partial charge >= 0.3 is 0 Å². The average Bonchev–Trinajstić information content (AvgIpc) is 2.87. The molecule has 2 rings (SSSR count). The fraction of sp³-hybridized carbons (Fsp3) is 0.375. The van der Waals surface area contributed by atoms with Crippen molar-refractivity contribution in [2.75, 3.05) is 13.7 Å². The highest BCUT2D eigenvalue weighted by atomic mass is 35.5. The van der Waals surface area contributed by atoms with Gasteiger partial charge in [0.2, 0.25) is 0 Å². The van der Waals surface area contributed by atoms with Gasteiger partial charge in [0.15, 0.2) is 11.5 Å². The molecule has 0 spiro atoms. The normalized spacial score (nSPS) is 10.7. The predicted molar refractivity (Wildman–Crippen MR) is 83.2 cm³/mol. The summed E-state index contributed by atoms with van der Waals surface area (Å²) in [5, 5.41) is 3.87. The second kappa shape index (κ2) is 7.38. The lowest BCUT2D eigenvalue weighted by molar-refractivity contribution is 0.311. The maximum absolute atomic E-state index is 6.24. The highest BCUT2D eigenvalue weighted by Gasteiger charge is 2.11. The molecule has 0 radical (unpaired) electrons. The number of ether oxygens (including phenoxy) is 2. The van der Waals surface area contributed by atoms with Gasteiger partial charge in [0.05, 0.1) is 25.3 Å². The summed E-state index contributed by atoms with van der Waals surface area (Å²) in [4.78, 5) is 0. The Labute approximate surface area is 130 Å². The zero-order valence-electron chi connectivity index (χ0n) is 12.5. The van der Waals surface area contributed by atoms with Crippen molar-refractivity contribution in [1.29, 1.82) is 0 Å². The third-order valence-corrected chi connectivity index (χ3v) is 3.28. The lowest BCUT2D eigenvalue weighted by Crippen LogP contribution is -2.12. The lowest BCUT2D eigenvalue weighted by atomic mass is 10.2. The molecule has 2 aromatic rings. The molecule has 1 heterocycles. The molecule has 0 aliphatic heterocycles. The van der Waals surface area contributed by atoms with Gasteiger partial charge in [-0.2, -0.15) is 0 Å². The first-order chi connectivity index (χ1) is 10.1. The molecule has 0 unspecified atom stereocenters. The number of hydrogen-bond donors (Lipinski definition) is 1. The zero-order valence-corrected chi connectivity index (χ0v) is 13.3. The number of benzene rings is 1. The molecule has 1 N–H and O–H groups in total. The Kier molecular flexibility index (Phi) is 5.53. The van der Waals surface area contributed by atoms with Crippen LogP contribution in [0.15, 0.2) is 28.7 Å². The summed E-state index contributed by atoms with van der Waals surface area (Å²) in [7, 11) is 1.61. The molecule has 0 amide bonds. The van der Waals surface area contributed by atoms with E-state index in [1.54, 1.807) is 7.11 Å². The molecular formula is C16H20ClNO3. The van der Waals surface area contributed by atoms with Crippen LogP contribution in [0.25, 0.3) is 0 Å². The Morgan fingerprint density at radius 3 is 2.67 bits per heavy atom. The lowest BCUT2D eigenvalue weighted by Gasteiger charge is -2.13. The summed E-state index contributed by atoms with van der Waals surface area (Å²) in [6.45, 7) is 5.73. The van der Waals surface area contributed by atoms with E-state index in [1.807, 2.05) is 38.1 Å². The molecular weight excluding hydrogens is 290 g/mol. The van der Waals surface area contributed by atoms with Crippen molar-refractivity contribution in [3.05, 3.63) is 46.4 Å². The van der Waals surface area contributed by atoms with Crippen LogP contribution >= 0.6 is 11.6 Å². The summed E-state index contributed by atoms with van der Waals surface area (Å²) in [5.74, 6) is 3.07. The maximum Gasteiger partial charge on any atom is 0.179 e. The van der Waals surface area contributed by atoms with E-state index in [4.69, 9.17) is 25.5 Å². The second-order valence-electron chi connectivity index (χ2n) is 4.66. The van der Waals surface area contributed by atoms with Gasteiger partial charge in [0.1, 0.15) is 11.5 Å². The molecule has 0 atom stereocenters. The van der Waals surface area contributed by atoms with Gasteiger partial charge in [-0.25, -0.2) is 0 Å². The summed E-state index contributed by atoms with van der Waals surface area (Å²) in [6, 6.07) is 7.73. The second-order valence-corrected chi connectivity index (χ2v) is 5.07. The highest BCUT2D eigenvalue weighted by Crippen LogP contribution is 2.36. The van der Waals surface area contributed by atoms with Crippen molar-refractivity contribution < 1.29 is 13.9 Å². The number of furan rings is 1. The molecule has 0 aliphatic rings. The van der Waals surface area contributed by atoms with Crippen molar-refractivity contribution in [2.24, 2.45) is 0 Å². The fourth-order valence-electron chi connectivity index (χ4n) is 2.07. The number of aryl methyl sites for hydroxylation is 1. The quantitative estimate of drug-likeness (QED) is 0.841. The van der Waals surface area contributed by atoms with Crippen molar-refractivity contribution >= 4 is 11.6 Å². The summed E-state index contributed by atoms with van der Waals surface area (Å²) in [5.41, 5.74) is 1.03. The van der Waals surface area contributed by atoms with E-state index < -0.39 is 0 Å². The van der Waals surface area contributed by atoms with Gasteiger partial charge in [0.25, 0.3) is 0 Å².